The first-order valence-electron chi connectivity index (χ1n) is 10.5. The van der Waals surface area contributed by atoms with Crippen LogP contribution in [0, 0.1) is 17.2 Å². The minimum absolute atomic E-state index is 0.151. The summed E-state index contributed by atoms with van der Waals surface area (Å²) >= 11 is 0. The Kier molecular flexibility index (Phi) is 9.85. The Hall–Kier alpha value is -0.890. The van der Waals surface area contributed by atoms with Gasteiger partial charge >= 0.3 is 0 Å². The van der Waals surface area contributed by atoms with Crippen molar-refractivity contribution in [2.45, 2.75) is 98.5 Å². The zero-order valence-electron chi connectivity index (χ0n) is 18.0. The summed E-state index contributed by atoms with van der Waals surface area (Å²) in [5.41, 5.74) is 1.20. The van der Waals surface area contributed by atoms with Crippen LogP contribution in [0.25, 0.3) is 0 Å². The molecule has 2 heteroatoms. The fourth-order valence-electron chi connectivity index (χ4n) is 4.14. The molecule has 1 unspecified atom stereocenters. The van der Waals surface area contributed by atoms with Crippen LogP contribution in [-0.4, -0.2) is 12.2 Å². The van der Waals surface area contributed by atoms with Crippen molar-refractivity contribution in [2.24, 2.45) is 11.3 Å². The van der Waals surface area contributed by atoms with Crippen LogP contribution in [0.1, 0.15) is 92.1 Å². The second kappa shape index (κ2) is 11.1. The summed E-state index contributed by atoms with van der Waals surface area (Å²) in [5.74, 6) is 0.344. The second-order valence-corrected chi connectivity index (χ2v) is 9.30. The van der Waals surface area contributed by atoms with Crippen LogP contribution in [0.4, 0.5) is 4.39 Å². The highest BCUT2D eigenvalue weighted by molar-refractivity contribution is 5.16. The Morgan fingerprint density at radius 2 is 1.46 bits per heavy atom. The van der Waals surface area contributed by atoms with Crippen LogP contribution in [0.5, 0.6) is 0 Å². The molecule has 0 aliphatic heterocycles. The zero-order chi connectivity index (χ0) is 19.6. The molecule has 1 nitrogen and oxygen atoms in total. The molecule has 0 fully saturated rings. The van der Waals surface area contributed by atoms with Gasteiger partial charge in [-0.15, -0.1) is 0 Å². The van der Waals surface area contributed by atoms with Crippen LogP contribution < -0.4 is 0 Å². The van der Waals surface area contributed by atoms with Gasteiger partial charge in [0.25, 0.3) is 0 Å². The lowest BCUT2D eigenvalue weighted by Crippen LogP contribution is -2.42. The monoisotopic (exact) mass is 364 g/mol. The van der Waals surface area contributed by atoms with Gasteiger partial charge in [-0.05, 0) is 55.7 Å². The number of halogens is 1. The van der Waals surface area contributed by atoms with Crippen LogP contribution in [-0.2, 0) is 11.2 Å². The standard InChI is InChI=1S/C24H41FO/c1-7-8-9-10-11-12-13-22(23(2,3)4)24(5,6)26-19-18-20-14-16-21(25)17-15-20/h14-17,22H,7-13,18-19H2,1-6H3. The Labute approximate surface area is 161 Å². The Bertz CT molecular complexity index is 484. The molecule has 0 N–H and O–H groups in total. The van der Waals surface area contributed by atoms with Crippen LogP contribution in [0.15, 0.2) is 24.3 Å². The van der Waals surface area contributed by atoms with E-state index in [1.54, 1.807) is 0 Å². The topological polar surface area (TPSA) is 9.23 Å². The Balaban J connectivity index is 2.50. The number of hydrogen-bond acceptors (Lipinski definition) is 1. The van der Waals surface area contributed by atoms with E-state index in [1.807, 2.05) is 12.1 Å². The minimum atomic E-state index is -0.179. The van der Waals surface area contributed by atoms with E-state index in [0.717, 1.165) is 12.0 Å². The predicted molar refractivity (Wildman–Crippen MR) is 111 cm³/mol. The summed E-state index contributed by atoms with van der Waals surface area (Å²) in [6.45, 7) is 14.4. The van der Waals surface area contributed by atoms with Gasteiger partial charge < -0.3 is 4.74 Å². The van der Waals surface area contributed by atoms with E-state index < -0.39 is 0 Å². The van der Waals surface area contributed by atoms with Crippen molar-refractivity contribution >= 4 is 0 Å². The largest absolute Gasteiger partial charge is 0.375 e. The summed E-state index contributed by atoms with van der Waals surface area (Å²) in [6, 6.07) is 6.75. The highest BCUT2D eigenvalue weighted by Gasteiger charge is 2.38. The molecular formula is C24H41FO. The van der Waals surface area contributed by atoms with Crippen molar-refractivity contribution in [1.29, 1.82) is 0 Å². The van der Waals surface area contributed by atoms with Crippen molar-refractivity contribution in [1.82, 2.24) is 0 Å². The second-order valence-electron chi connectivity index (χ2n) is 9.30. The van der Waals surface area contributed by atoms with E-state index in [9.17, 15) is 4.39 Å². The van der Waals surface area contributed by atoms with Gasteiger partial charge in [0.15, 0.2) is 0 Å². The van der Waals surface area contributed by atoms with Gasteiger partial charge in [0.1, 0.15) is 5.82 Å². The molecule has 26 heavy (non-hydrogen) atoms. The van der Waals surface area contributed by atoms with Crippen molar-refractivity contribution in [3.63, 3.8) is 0 Å². The summed E-state index contributed by atoms with van der Waals surface area (Å²) < 4.78 is 19.4. The predicted octanol–water partition coefficient (Wildman–Crippen LogP) is 7.58. The van der Waals surface area contributed by atoms with Crippen molar-refractivity contribution in [2.75, 3.05) is 6.61 Å². The molecule has 0 radical (unpaired) electrons. The number of unbranched alkanes of at least 4 members (excludes halogenated alkanes) is 5. The number of hydrogen-bond donors (Lipinski definition) is 0. The van der Waals surface area contributed by atoms with Gasteiger partial charge in [0.2, 0.25) is 0 Å². The molecule has 1 atom stereocenters. The maximum Gasteiger partial charge on any atom is 0.123 e. The molecule has 0 amide bonds. The van der Waals surface area contributed by atoms with Gasteiger partial charge in [-0.1, -0.05) is 78.4 Å². The first kappa shape index (κ1) is 23.1. The number of benzene rings is 1. The van der Waals surface area contributed by atoms with E-state index in [0.29, 0.717) is 12.5 Å². The molecule has 1 aromatic carbocycles. The lowest BCUT2D eigenvalue weighted by atomic mass is 9.69. The van der Waals surface area contributed by atoms with Crippen LogP contribution >= 0.6 is 0 Å². The maximum atomic E-state index is 13.0. The van der Waals surface area contributed by atoms with Crippen molar-refractivity contribution in [3.05, 3.63) is 35.6 Å². The molecule has 150 valence electrons. The average Bonchev–Trinajstić information content (AvgIpc) is 2.54. The first-order chi connectivity index (χ1) is 12.2. The molecule has 0 heterocycles. The molecule has 0 aliphatic rings. The lowest BCUT2D eigenvalue weighted by molar-refractivity contribution is -0.0943. The van der Waals surface area contributed by atoms with Gasteiger partial charge in [-0.25, -0.2) is 4.39 Å². The smallest absolute Gasteiger partial charge is 0.123 e. The third-order valence-corrected chi connectivity index (χ3v) is 5.51. The van der Waals surface area contributed by atoms with Gasteiger partial charge in [-0.2, -0.15) is 0 Å². The summed E-state index contributed by atoms with van der Waals surface area (Å²) in [6.07, 6.45) is 10.1. The molecular weight excluding hydrogens is 323 g/mol. The Morgan fingerprint density at radius 3 is 2.04 bits per heavy atom. The van der Waals surface area contributed by atoms with E-state index in [1.165, 1.54) is 57.1 Å². The highest BCUT2D eigenvalue weighted by Crippen LogP contribution is 2.40. The molecule has 0 bridgehead atoms. The third-order valence-electron chi connectivity index (χ3n) is 5.51. The third kappa shape index (κ3) is 8.66. The van der Waals surface area contributed by atoms with Gasteiger partial charge in [0, 0.05) is 0 Å². The fraction of sp³-hybridized carbons (Fsp3) is 0.750. The zero-order valence-corrected chi connectivity index (χ0v) is 18.0. The minimum Gasteiger partial charge on any atom is -0.375 e. The maximum absolute atomic E-state index is 13.0. The molecule has 0 aromatic heterocycles. The van der Waals surface area contributed by atoms with Crippen LogP contribution in [0.3, 0.4) is 0 Å². The molecule has 1 aromatic rings. The van der Waals surface area contributed by atoms with Crippen molar-refractivity contribution < 1.29 is 9.13 Å². The SMILES string of the molecule is CCCCCCCCC(C(C)(C)C)C(C)(C)OCCc1ccc(F)cc1. The van der Waals surface area contributed by atoms with E-state index >= 15 is 0 Å². The lowest BCUT2D eigenvalue weighted by Gasteiger charge is -2.43. The van der Waals surface area contributed by atoms with Gasteiger partial charge in [-0.3, -0.25) is 0 Å². The Morgan fingerprint density at radius 1 is 0.885 bits per heavy atom. The van der Waals surface area contributed by atoms with Gasteiger partial charge in [0.05, 0.1) is 12.2 Å². The molecule has 0 saturated heterocycles. The van der Waals surface area contributed by atoms with E-state index in [2.05, 4.69) is 41.5 Å². The van der Waals surface area contributed by atoms with E-state index in [-0.39, 0.29) is 16.8 Å². The van der Waals surface area contributed by atoms with Crippen LogP contribution in [0.2, 0.25) is 0 Å². The fourth-order valence-corrected chi connectivity index (χ4v) is 4.14. The quantitative estimate of drug-likeness (QED) is 0.347. The molecule has 0 spiro atoms. The molecule has 0 saturated carbocycles. The number of ether oxygens (including phenoxy) is 1. The summed E-state index contributed by atoms with van der Waals surface area (Å²) in [7, 11) is 0. The highest BCUT2D eigenvalue weighted by atomic mass is 19.1. The normalized spacial score (nSPS) is 13.8. The molecule has 0 aliphatic carbocycles. The first-order valence-corrected chi connectivity index (χ1v) is 10.5. The molecule has 1 rings (SSSR count). The average molecular weight is 365 g/mol. The van der Waals surface area contributed by atoms with E-state index in [4.69, 9.17) is 4.74 Å². The number of rotatable bonds is 12. The summed E-state index contributed by atoms with van der Waals surface area (Å²) in [4.78, 5) is 0. The van der Waals surface area contributed by atoms with Crippen molar-refractivity contribution in [3.8, 4) is 0 Å². The summed E-state index contributed by atoms with van der Waals surface area (Å²) in [5, 5.41) is 0.